The summed E-state index contributed by atoms with van der Waals surface area (Å²) in [5.41, 5.74) is 1.06. The first kappa shape index (κ1) is 18.9. The van der Waals surface area contributed by atoms with Crippen LogP contribution in [0.5, 0.6) is 0 Å². The van der Waals surface area contributed by atoms with E-state index in [2.05, 4.69) is 16.9 Å². The van der Waals surface area contributed by atoms with Gasteiger partial charge in [0.15, 0.2) is 0 Å². The number of piperidine rings is 1. The summed E-state index contributed by atoms with van der Waals surface area (Å²) in [6, 6.07) is 5.25. The summed E-state index contributed by atoms with van der Waals surface area (Å²) >= 11 is 0. The lowest BCUT2D eigenvalue weighted by atomic mass is 9.92. The van der Waals surface area contributed by atoms with Crippen molar-refractivity contribution < 1.29 is 9.53 Å². The number of ether oxygens (including phenoxy) is 1. The van der Waals surface area contributed by atoms with E-state index in [-0.39, 0.29) is 22.8 Å². The third kappa shape index (κ3) is 3.38. The maximum Gasteiger partial charge on any atom is 0.271 e. The van der Waals surface area contributed by atoms with Crippen LogP contribution in [0.25, 0.3) is 11.0 Å². The Hall–Kier alpha value is -2.92. The van der Waals surface area contributed by atoms with Crippen LogP contribution >= 0.6 is 0 Å². The van der Waals surface area contributed by atoms with E-state index in [4.69, 9.17) is 4.74 Å². The lowest BCUT2D eigenvalue weighted by Crippen LogP contribution is -2.44. The second-order valence-electron chi connectivity index (χ2n) is 7.22. The fraction of sp³-hybridized carbons (Fsp3) is 0.474. The van der Waals surface area contributed by atoms with E-state index >= 15 is 0 Å². The number of aromatic nitrogens is 2. The molecule has 0 aliphatic carbocycles. The van der Waals surface area contributed by atoms with Gasteiger partial charge >= 0.3 is 0 Å². The number of carbonyl (C=O) groups excluding carboxylic acids is 1. The molecule has 1 amide bonds. The smallest absolute Gasteiger partial charge is 0.271 e. The van der Waals surface area contributed by atoms with Crippen molar-refractivity contribution in [2.75, 3.05) is 39.2 Å². The molecule has 142 valence electrons. The van der Waals surface area contributed by atoms with Crippen LogP contribution in [0.2, 0.25) is 0 Å². The molecule has 0 radical (unpaired) electrons. The van der Waals surface area contributed by atoms with E-state index in [0.29, 0.717) is 29.8 Å². The van der Waals surface area contributed by atoms with Crippen LogP contribution in [-0.4, -0.2) is 60.7 Å². The molecule has 0 saturated carbocycles. The van der Waals surface area contributed by atoms with Gasteiger partial charge in [-0.1, -0.05) is 0 Å². The highest BCUT2D eigenvalue weighted by molar-refractivity contribution is 5.97. The summed E-state index contributed by atoms with van der Waals surface area (Å²) in [7, 11) is 5.00. The van der Waals surface area contributed by atoms with E-state index in [9.17, 15) is 14.9 Å². The summed E-state index contributed by atoms with van der Waals surface area (Å²) < 4.78 is 5.58. The van der Waals surface area contributed by atoms with Gasteiger partial charge in [-0.05, 0) is 31.9 Å². The number of pyridine rings is 2. The first-order chi connectivity index (χ1) is 12.8. The normalized spacial score (nSPS) is 16.2. The van der Waals surface area contributed by atoms with E-state index in [1.54, 1.807) is 33.3 Å². The molecular formula is C19H23N5O3. The van der Waals surface area contributed by atoms with E-state index in [1.807, 2.05) is 11.0 Å². The predicted octanol–water partition coefficient (Wildman–Crippen LogP) is 1.50. The SMILES string of the molecule is COC1(C)CCN(c2c(C#N)c(=O)[nH]c3ccc(C(=O)N(C)C)nc23)CC1. The monoisotopic (exact) mass is 369 g/mol. The Labute approximate surface area is 157 Å². The molecule has 1 fully saturated rings. The maximum absolute atomic E-state index is 12.4. The molecule has 1 saturated heterocycles. The van der Waals surface area contributed by atoms with Gasteiger partial charge in [0.2, 0.25) is 0 Å². The predicted molar refractivity (Wildman–Crippen MR) is 102 cm³/mol. The largest absolute Gasteiger partial charge is 0.378 e. The molecule has 3 heterocycles. The standard InChI is InChI=1S/C19H23N5O3/c1-19(27-4)7-9-24(10-8-19)16-12(11-20)17(25)22-13-5-6-14(21-15(13)16)18(26)23(2)3/h5-6H,7-10H2,1-4H3,(H,22,25). The van der Waals surface area contributed by atoms with Gasteiger partial charge in [-0.3, -0.25) is 9.59 Å². The summed E-state index contributed by atoms with van der Waals surface area (Å²) in [6.45, 7) is 3.31. The molecule has 1 aliphatic rings. The number of anilines is 1. The molecular weight excluding hydrogens is 346 g/mol. The van der Waals surface area contributed by atoms with Crippen molar-refractivity contribution in [2.45, 2.75) is 25.4 Å². The van der Waals surface area contributed by atoms with Gasteiger partial charge in [-0.25, -0.2) is 4.98 Å². The molecule has 0 unspecified atom stereocenters. The van der Waals surface area contributed by atoms with Crippen molar-refractivity contribution in [3.05, 3.63) is 33.7 Å². The molecule has 2 aromatic heterocycles. The van der Waals surface area contributed by atoms with Crippen molar-refractivity contribution in [3.8, 4) is 6.07 Å². The van der Waals surface area contributed by atoms with Gasteiger partial charge in [0, 0.05) is 34.3 Å². The highest BCUT2D eigenvalue weighted by atomic mass is 16.5. The molecule has 27 heavy (non-hydrogen) atoms. The number of fused-ring (bicyclic) bond motifs is 1. The second kappa shape index (κ2) is 7.00. The molecule has 1 aliphatic heterocycles. The van der Waals surface area contributed by atoms with Crippen molar-refractivity contribution in [2.24, 2.45) is 0 Å². The first-order valence-electron chi connectivity index (χ1n) is 8.78. The third-order valence-electron chi connectivity index (χ3n) is 5.20. The Morgan fingerprint density at radius 1 is 1.37 bits per heavy atom. The Bertz CT molecular complexity index is 981. The minimum atomic E-state index is -0.450. The zero-order chi connectivity index (χ0) is 19.8. The summed E-state index contributed by atoms with van der Waals surface area (Å²) in [5, 5.41) is 9.58. The molecule has 0 bridgehead atoms. The number of hydrogen-bond donors (Lipinski definition) is 1. The van der Waals surface area contributed by atoms with Crippen LogP contribution < -0.4 is 10.5 Å². The molecule has 2 aromatic rings. The van der Waals surface area contributed by atoms with Crippen LogP contribution in [0.3, 0.4) is 0 Å². The molecule has 3 rings (SSSR count). The number of hydrogen-bond acceptors (Lipinski definition) is 6. The van der Waals surface area contributed by atoms with Crippen molar-refractivity contribution in [1.82, 2.24) is 14.9 Å². The minimum absolute atomic E-state index is 0.0190. The minimum Gasteiger partial charge on any atom is -0.378 e. The Kier molecular flexibility index (Phi) is 4.89. The van der Waals surface area contributed by atoms with Crippen LogP contribution in [-0.2, 0) is 4.74 Å². The number of aromatic amines is 1. The first-order valence-corrected chi connectivity index (χ1v) is 8.78. The van der Waals surface area contributed by atoms with Crippen LogP contribution in [0.4, 0.5) is 5.69 Å². The topological polar surface area (TPSA) is 102 Å². The van der Waals surface area contributed by atoms with Crippen molar-refractivity contribution in [1.29, 1.82) is 5.26 Å². The maximum atomic E-state index is 12.4. The third-order valence-corrected chi connectivity index (χ3v) is 5.20. The molecule has 0 atom stereocenters. The molecule has 0 spiro atoms. The van der Waals surface area contributed by atoms with Gasteiger partial charge in [0.25, 0.3) is 11.5 Å². The van der Waals surface area contributed by atoms with Gasteiger partial charge in [-0.15, -0.1) is 0 Å². The summed E-state index contributed by atoms with van der Waals surface area (Å²) in [6.07, 6.45) is 1.53. The lowest BCUT2D eigenvalue weighted by molar-refractivity contribution is -0.0132. The average molecular weight is 369 g/mol. The van der Waals surface area contributed by atoms with Crippen LogP contribution in [0.15, 0.2) is 16.9 Å². The second-order valence-corrected chi connectivity index (χ2v) is 7.22. The number of nitrogens with zero attached hydrogens (tertiary/aromatic N) is 4. The van der Waals surface area contributed by atoms with Gasteiger partial charge in [-0.2, -0.15) is 5.26 Å². The number of nitrogens with one attached hydrogen (secondary N) is 1. The van der Waals surface area contributed by atoms with Gasteiger partial charge in [0.1, 0.15) is 22.8 Å². The molecule has 8 heteroatoms. The highest BCUT2D eigenvalue weighted by Crippen LogP contribution is 2.32. The van der Waals surface area contributed by atoms with E-state index in [1.165, 1.54) is 4.90 Å². The van der Waals surface area contributed by atoms with Crippen LogP contribution in [0.1, 0.15) is 35.8 Å². The highest BCUT2D eigenvalue weighted by Gasteiger charge is 2.32. The average Bonchev–Trinajstić information content (AvgIpc) is 2.66. The Morgan fingerprint density at radius 2 is 2.04 bits per heavy atom. The Balaban J connectivity index is 2.17. The van der Waals surface area contributed by atoms with Crippen molar-refractivity contribution >= 4 is 22.6 Å². The quantitative estimate of drug-likeness (QED) is 0.880. The zero-order valence-corrected chi connectivity index (χ0v) is 16.0. The number of carbonyl (C=O) groups is 1. The molecule has 8 nitrogen and oxygen atoms in total. The Morgan fingerprint density at radius 3 is 2.59 bits per heavy atom. The fourth-order valence-electron chi connectivity index (χ4n) is 3.32. The van der Waals surface area contributed by atoms with Gasteiger partial charge < -0.3 is 19.5 Å². The van der Waals surface area contributed by atoms with E-state index < -0.39 is 5.56 Å². The number of nitriles is 1. The summed E-state index contributed by atoms with van der Waals surface area (Å²) in [5.74, 6) is -0.238. The summed E-state index contributed by atoms with van der Waals surface area (Å²) in [4.78, 5) is 35.3. The number of methoxy groups -OCH3 is 1. The van der Waals surface area contributed by atoms with Crippen molar-refractivity contribution in [3.63, 3.8) is 0 Å². The van der Waals surface area contributed by atoms with Gasteiger partial charge in [0.05, 0.1) is 16.8 Å². The van der Waals surface area contributed by atoms with Crippen LogP contribution in [0, 0.1) is 11.3 Å². The lowest BCUT2D eigenvalue weighted by Gasteiger charge is -2.39. The molecule has 1 N–H and O–H groups in total. The fourth-order valence-corrected chi connectivity index (χ4v) is 3.32. The number of rotatable bonds is 3. The zero-order valence-electron chi connectivity index (χ0n) is 16.0. The van der Waals surface area contributed by atoms with E-state index in [0.717, 1.165) is 12.8 Å². The molecule has 0 aromatic carbocycles. The number of H-pyrrole nitrogens is 1. The number of amides is 1.